The molecule has 2 aliphatic rings. The molecule has 1 saturated heterocycles. The van der Waals surface area contributed by atoms with Crippen molar-refractivity contribution in [2.75, 3.05) is 18.8 Å². The first kappa shape index (κ1) is 12.0. The van der Waals surface area contributed by atoms with Gasteiger partial charge in [0, 0.05) is 18.8 Å². The predicted octanol–water partition coefficient (Wildman–Crippen LogP) is 2.12. The maximum atomic E-state index is 5.64. The molecule has 2 fully saturated rings. The standard InChI is InChI=1S/C14H24N4/c15-14-7-9-18(16-14)11-10-17-8-3-6-13(17)12-4-1-2-5-12/h7,9,12-13H,1-6,8,10-11H2,(H2,15,16). The molecule has 0 amide bonds. The zero-order chi connectivity index (χ0) is 12.4. The predicted molar refractivity (Wildman–Crippen MR) is 73.2 cm³/mol. The van der Waals surface area contributed by atoms with Crippen molar-refractivity contribution >= 4 is 5.82 Å². The lowest BCUT2D eigenvalue weighted by atomic mass is 9.96. The fourth-order valence-corrected chi connectivity index (χ4v) is 3.74. The highest BCUT2D eigenvalue weighted by Crippen LogP contribution is 2.35. The third-order valence-corrected chi connectivity index (χ3v) is 4.64. The van der Waals surface area contributed by atoms with E-state index in [4.69, 9.17) is 5.73 Å². The molecule has 1 saturated carbocycles. The highest BCUT2D eigenvalue weighted by Gasteiger charge is 2.32. The monoisotopic (exact) mass is 248 g/mol. The van der Waals surface area contributed by atoms with E-state index in [9.17, 15) is 0 Å². The zero-order valence-corrected chi connectivity index (χ0v) is 11.1. The highest BCUT2D eigenvalue weighted by molar-refractivity contribution is 5.23. The normalized spacial score (nSPS) is 26.1. The van der Waals surface area contributed by atoms with Crippen molar-refractivity contribution in [1.82, 2.24) is 14.7 Å². The van der Waals surface area contributed by atoms with Gasteiger partial charge in [-0.25, -0.2) is 0 Å². The van der Waals surface area contributed by atoms with Gasteiger partial charge >= 0.3 is 0 Å². The average Bonchev–Trinajstić information content (AvgIpc) is 3.07. The van der Waals surface area contributed by atoms with E-state index < -0.39 is 0 Å². The number of nitrogens with zero attached hydrogens (tertiary/aromatic N) is 3. The van der Waals surface area contributed by atoms with Gasteiger partial charge < -0.3 is 5.73 Å². The van der Waals surface area contributed by atoms with Gasteiger partial charge in [0.15, 0.2) is 0 Å². The Morgan fingerprint density at radius 1 is 1.17 bits per heavy atom. The van der Waals surface area contributed by atoms with E-state index in [0.717, 1.165) is 25.0 Å². The van der Waals surface area contributed by atoms with E-state index in [0.29, 0.717) is 5.82 Å². The molecule has 4 heteroatoms. The lowest BCUT2D eigenvalue weighted by molar-refractivity contribution is 0.182. The summed E-state index contributed by atoms with van der Waals surface area (Å²) in [6.07, 6.45) is 10.6. The van der Waals surface area contributed by atoms with E-state index in [1.165, 1.54) is 45.1 Å². The van der Waals surface area contributed by atoms with Crippen molar-refractivity contribution in [3.63, 3.8) is 0 Å². The molecule has 0 spiro atoms. The number of hydrogen-bond donors (Lipinski definition) is 1. The van der Waals surface area contributed by atoms with Crippen LogP contribution < -0.4 is 5.73 Å². The van der Waals surface area contributed by atoms with Crippen LogP contribution in [0.5, 0.6) is 0 Å². The molecule has 1 aromatic heterocycles. The molecule has 18 heavy (non-hydrogen) atoms. The van der Waals surface area contributed by atoms with Crippen LogP contribution in [0.4, 0.5) is 5.82 Å². The fraction of sp³-hybridized carbons (Fsp3) is 0.786. The van der Waals surface area contributed by atoms with Gasteiger partial charge in [0.25, 0.3) is 0 Å². The van der Waals surface area contributed by atoms with Crippen LogP contribution in [0.25, 0.3) is 0 Å². The molecule has 1 aliphatic heterocycles. The Morgan fingerprint density at radius 2 is 2.00 bits per heavy atom. The molecule has 4 nitrogen and oxygen atoms in total. The van der Waals surface area contributed by atoms with E-state index in [2.05, 4.69) is 10.00 Å². The minimum absolute atomic E-state index is 0.628. The van der Waals surface area contributed by atoms with Gasteiger partial charge in [-0.15, -0.1) is 0 Å². The van der Waals surface area contributed by atoms with Gasteiger partial charge in [0.2, 0.25) is 0 Å². The van der Waals surface area contributed by atoms with E-state index >= 15 is 0 Å². The Kier molecular flexibility index (Phi) is 3.55. The largest absolute Gasteiger partial charge is 0.382 e. The van der Waals surface area contributed by atoms with Gasteiger partial charge in [0.1, 0.15) is 5.82 Å². The van der Waals surface area contributed by atoms with Crippen molar-refractivity contribution < 1.29 is 0 Å². The lowest BCUT2D eigenvalue weighted by Gasteiger charge is -2.29. The molecule has 1 aliphatic carbocycles. The SMILES string of the molecule is Nc1ccn(CCN2CCCC2C2CCCC2)n1. The zero-order valence-electron chi connectivity index (χ0n) is 11.1. The first-order chi connectivity index (χ1) is 8.83. The molecule has 1 unspecified atom stereocenters. The quantitative estimate of drug-likeness (QED) is 0.888. The lowest BCUT2D eigenvalue weighted by Crippen LogP contribution is -2.36. The summed E-state index contributed by atoms with van der Waals surface area (Å²) in [6.45, 7) is 3.38. The van der Waals surface area contributed by atoms with Crippen LogP contribution in [0.15, 0.2) is 12.3 Å². The first-order valence-electron chi connectivity index (χ1n) is 7.36. The van der Waals surface area contributed by atoms with Crippen LogP contribution in [0.3, 0.4) is 0 Å². The van der Waals surface area contributed by atoms with Crippen LogP contribution in [0.1, 0.15) is 38.5 Å². The molecule has 0 aromatic carbocycles. The Balaban J connectivity index is 1.54. The minimum Gasteiger partial charge on any atom is -0.382 e. The van der Waals surface area contributed by atoms with Crippen LogP contribution in [0.2, 0.25) is 0 Å². The van der Waals surface area contributed by atoms with Crippen LogP contribution in [0, 0.1) is 5.92 Å². The maximum absolute atomic E-state index is 5.64. The number of aromatic nitrogens is 2. The van der Waals surface area contributed by atoms with Gasteiger partial charge in [-0.05, 0) is 44.2 Å². The molecule has 0 radical (unpaired) electrons. The molecule has 1 atom stereocenters. The Morgan fingerprint density at radius 3 is 2.72 bits per heavy atom. The highest BCUT2D eigenvalue weighted by atomic mass is 15.3. The van der Waals surface area contributed by atoms with E-state index in [1.807, 2.05) is 16.9 Å². The van der Waals surface area contributed by atoms with Crippen molar-refractivity contribution in [3.8, 4) is 0 Å². The number of nitrogen functional groups attached to an aromatic ring is 1. The smallest absolute Gasteiger partial charge is 0.145 e. The van der Waals surface area contributed by atoms with Crippen LogP contribution in [-0.4, -0.2) is 33.8 Å². The summed E-state index contributed by atoms with van der Waals surface area (Å²) in [7, 11) is 0. The number of hydrogen-bond acceptors (Lipinski definition) is 3. The summed E-state index contributed by atoms with van der Waals surface area (Å²) >= 11 is 0. The van der Waals surface area contributed by atoms with Crippen molar-refractivity contribution in [3.05, 3.63) is 12.3 Å². The topological polar surface area (TPSA) is 47.1 Å². The Bertz CT molecular complexity index is 381. The number of anilines is 1. The summed E-state index contributed by atoms with van der Waals surface area (Å²) in [6, 6.07) is 2.72. The number of likely N-dealkylation sites (tertiary alicyclic amines) is 1. The van der Waals surface area contributed by atoms with Crippen molar-refractivity contribution in [2.24, 2.45) is 5.92 Å². The fourth-order valence-electron chi connectivity index (χ4n) is 3.74. The summed E-state index contributed by atoms with van der Waals surface area (Å²) in [5.74, 6) is 1.60. The average molecular weight is 248 g/mol. The summed E-state index contributed by atoms with van der Waals surface area (Å²) in [4.78, 5) is 2.69. The molecule has 1 aromatic rings. The molecular formula is C14H24N4. The maximum Gasteiger partial charge on any atom is 0.145 e. The summed E-state index contributed by atoms with van der Waals surface area (Å²) in [5.41, 5.74) is 5.64. The first-order valence-corrected chi connectivity index (χ1v) is 7.36. The van der Waals surface area contributed by atoms with Gasteiger partial charge in [-0.3, -0.25) is 9.58 Å². The molecule has 100 valence electrons. The molecule has 3 rings (SSSR count). The summed E-state index contributed by atoms with van der Waals surface area (Å²) in [5, 5.41) is 4.26. The second-order valence-electron chi connectivity index (χ2n) is 5.79. The third kappa shape index (κ3) is 2.53. The van der Waals surface area contributed by atoms with Gasteiger partial charge in [0.05, 0.1) is 6.54 Å². The van der Waals surface area contributed by atoms with Crippen molar-refractivity contribution in [1.29, 1.82) is 0 Å². The Labute approximate surface area is 109 Å². The van der Waals surface area contributed by atoms with Crippen molar-refractivity contribution in [2.45, 2.75) is 51.1 Å². The van der Waals surface area contributed by atoms with Crippen LogP contribution >= 0.6 is 0 Å². The van der Waals surface area contributed by atoms with E-state index in [1.54, 1.807) is 0 Å². The molecule has 2 N–H and O–H groups in total. The third-order valence-electron chi connectivity index (χ3n) is 4.64. The van der Waals surface area contributed by atoms with Gasteiger partial charge in [-0.2, -0.15) is 5.10 Å². The second kappa shape index (κ2) is 5.31. The van der Waals surface area contributed by atoms with E-state index in [-0.39, 0.29) is 0 Å². The minimum atomic E-state index is 0.628. The number of nitrogens with two attached hydrogens (primary N) is 1. The summed E-state index contributed by atoms with van der Waals surface area (Å²) < 4.78 is 1.97. The molecule has 2 heterocycles. The second-order valence-corrected chi connectivity index (χ2v) is 5.79. The van der Waals surface area contributed by atoms with Gasteiger partial charge in [-0.1, -0.05) is 12.8 Å². The molecular weight excluding hydrogens is 224 g/mol. The Hall–Kier alpha value is -1.03. The molecule has 0 bridgehead atoms. The van der Waals surface area contributed by atoms with Crippen LogP contribution in [-0.2, 0) is 6.54 Å². The number of rotatable bonds is 4.